The van der Waals surface area contributed by atoms with Gasteiger partial charge in [0.15, 0.2) is 0 Å². The van der Waals surface area contributed by atoms with Crippen molar-refractivity contribution in [2.75, 3.05) is 5.73 Å². The van der Waals surface area contributed by atoms with Crippen LogP contribution < -0.4 is 10.5 Å². The van der Waals surface area contributed by atoms with Crippen LogP contribution in [-0.4, -0.2) is 4.98 Å². The van der Waals surface area contributed by atoms with Crippen molar-refractivity contribution in [3.8, 4) is 11.6 Å². The summed E-state index contributed by atoms with van der Waals surface area (Å²) >= 11 is 11.7. The molecule has 1 aromatic heterocycles. The molecule has 0 aliphatic carbocycles. The maximum absolute atomic E-state index is 5.92. The molecule has 1 heterocycles. The predicted molar refractivity (Wildman–Crippen MR) is 65.2 cm³/mol. The normalized spacial score (nSPS) is 10.1. The van der Waals surface area contributed by atoms with Gasteiger partial charge in [0.25, 0.3) is 0 Å². The molecule has 0 radical (unpaired) electrons. The molecule has 0 atom stereocenters. The number of rotatable bonds is 2. The molecule has 5 heteroatoms. The number of aromatic nitrogens is 1. The van der Waals surface area contributed by atoms with Crippen molar-refractivity contribution in [2.24, 2.45) is 0 Å². The second-order valence-corrected chi connectivity index (χ2v) is 3.96. The van der Waals surface area contributed by atoms with E-state index in [4.69, 9.17) is 33.7 Å². The van der Waals surface area contributed by atoms with Crippen LogP contribution in [0.5, 0.6) is 11.6 Å². The Balaban J connectivity index is 2.27. The molecule has 0 bridgehead atoms. The number of nitrogen functional groups attached to an aromatic ring is 1. The molecule has 0 aliphatic heterocycles. The number of hydrogen-bond donors (Lipinski definition) is 1. The zero-order valence-corrected chi connectivity index (χ0v) is 9.66. The summed E-state index contributed by atoms with van der Waals surface area (Å²) < 4.78 is 5.46. The van der Waals surface area contributed by atoms with E-state index in [1.54, 1.807) is 30.3 Å². The summed E-state index contributed by atoms with van der Waals surface area (Å²) in [4.78, 5) is 3.98. The highest BCUT2D eigenvalue weighted by Gasteiger charge is 2.05. The Kier molecular flexibility index (Phi) is 3.17. The first kappa shape index (κ1) is 11.0. The van der Waals surface area contributed by atoms with E-state index in [0.29, 0.717) is 27.4 Å². The fraction of sp³-hybridized carbons (Fsp3) is 0. The van der Waals surface area contributed by atoms with Gasteiger partial charge in [-0.25, -0.2) is 4.98 Å². The number of hydrogen-bond acceptors (Lipinski definition) is 3. The van der Waals surface area contributed by atoms with Crippen LogP contribution in [0.15, 0.2) is 36.5 Å². The number of nitrogens with zero attached hydrogens (tertiary/aromatic N) is 1. The monoisotopic (exact) mass is 254 g/mol. The van der Waals surface area contributed by atoms with Crippen LogP contribution in [0.3, 0.4) is 0 Å². The molecular formula is C11H8Cl2N2O. The number of nitrogens with two attached hydrogens (primary N) is 1. The Morgan fingerprint density at radius 2 is 2.00 bits per heavy atom. The van der Waals surface area contributed by atoms with Gasteiger partial charge in [-0.2, -0.15) is 0 Å². The zero-order chi connectivity index (χ0) is 11.5. The van der Waals surface area contributed by atoms with Gasteiger partial charge in [0.2, 0.25) is 5.88 Å². The molecule has 0 amide bonds. The Morgan fingerprint density at radius 1 is 1.19 bits per heavy atom. The Hall–Kier alpha value is -1.45. The summed E-state index contributed by atoms with van der Waals surface area (Å²) in [5.74, 6) is 0.879. The van der Waals surface area contributed by atoms with Gasteiger partial charge in [-0.15, -0.1) is 0 Å². The first-order chi connectivity index (χ1) is 7.65. The first-order valence-electron chi connectivity index (χ1n) is 4.49. The van der Waals surface area contributed by atoms with Gasteiger partial charge in [0.1, 0.15) is 10.8 Å². The second kappa shape index (κ2) is 4.60. The maximum atomic E-state index is 5.92. The molecular weight excluding hydrogens is 247 g/mol. The predicted octanol–water partition coefficient (Wildman–Crippen LogP) is 3.76. The summed E-state index contributed by atoms with van der Waals surface area (Å²) in [7, 11) is 0. The third kappa shape index (κ3) is 2.56. The second-order valence-electron chi connectivity index (χ2n) is 3.12. The van der Waals surface area contributed by atoms with Crippen molar-refractivity contribution in [1.82, 2.24) is 4.98 Å². The van der Waals surface area contributed by atoms with E-state index in [-0.39, 0.29) is 0 Å². The Labute approximate surface area is 103 Å². The molecule has 2 rings (SSSR count). The van der Waals surface area contributed by atoms with Crippen molar-refractivity contribution in [3.05, 3.63) is 46.6 Å². The average molecular weight is 255 g/mol. The van der Waals surface area contributed by atoms with E-state index < -0.39 is 0 Å². The lowest BCUT2D eigenvalue weighted by Gasteiger charge is -2.06. The molecule has 0 unspecified atom stereocenters. The largest absolute Gasteiger partial charge is 0.437 e. The SMILES string of the molecule is Nc1cnc(Oc2cccc(Cl)c2)c(Cl)c1. The lowest BCUT2D eigenvalue weighted by atomic mass is 10.3. The quantitative estimate of drug-likeness (QED) is 0.888. The fourth-order valence-electron chi connectivity index (χ4n) is 1.16. The van der Waals surface area contributed by atoms with Gasteiger partial charge in [0, 0.05) is 5.02 Å². The smallest absolute Gasteiger partial charge is 0.238 e. The van der Waals surface area contributed by atoms with E-state index in [1.807, 2.05) is 0 Å². The number of pyridine rings is 1. The average Bonchev–Trinajstić information content (AvgIpc) is 2.22. The minimum absolute atomic E-state index is 0.304. The van der Waals surface area contributed by atoms with E-state index in [0.717, 1.165) is 0 Å². The van der Waals surface area contributed by atoms with Crippen LogP contribution in [0.25, 0.3) is 0 Å². The molecule has 0 saturated heterocycles. The summed E-state index contributed by atoms with van der Waals surface area (Å²) in [5, 5.41) is 0.948. The Morgan fingerprint density at radius 3 is 2.69 bits per heavy atom. The molecule has 82 valence electrons. The van der Waals surface area contributed by atoms with Crippen LogP contribution in [-0.2, 0) is 0 Å². The van der Waals surface area contributed by atoms with Gasteiger partial charge in [-0.3, -0.25) is 0 Å². The van der Waals surface area contributed by atoms with Crippen LogP contribution in [0.1, 0.15) is 0 Å². The standard InChI is InChI=1S/C11H8Cl2N2O/c12-7-2-1-3-9(4-7)16-11-10(13)5-8(14)6-15-11/h1-6H,14H2. The highest BCUT2D eigenvalue weighted by atomic mass is 35.5. The molecule has 0 aliphatic rings. The third-order valence-corrected chi connectivity index (χ3v) is 2.35. The maximum Gasteiger partial charge on any atom is 0.238 e. The molecule has 2 aromatic rings. The van der Waals surface area contributed by atoms with Crippen molar-refractivity contribution in [2.45, 2.75) is 0 Å². The van der Waals surface area contributed by atoms with Crippen molar-refractivity contribution in [1.29, 1.82) is 0 Å². The summed E-state index contributed by atoms with van der Waals surface area (Å²) in [5.41, 5.74) is 6.01. The third-order valence-electron chi connectivity index (χ3n) is 1.84. The highest BCUT2D eigenvalue weighted by molar-refractivity contribution is 6.32. The van der Waals surface area contributed by atoms with Gasteiger partial charge in [0.05, 0.1) is 11.9 Å². The lowest BCUT2D eigenvalue weighted by molar-refractivity contribution is 0.463. The van der Waals surface area contributed by atoms with Crippen LogP contribution in [0, 0.1) is 0 Å². The summed E-state index contributed by atoms with van der Waals surface area (Å²) in [6.07, 6.45) is 1.48. The van der Waals surface area contributed by atoms with Crippen LogP contribution in [0.2, 0.25) is 10.0 Å². The highest BCUT2D eigenvalue weighted by Crippen LogP contribution is 2.29. The topological polar surface area (TPSA) is 48.1 Å². The van der Waals surface area contributed by atoms with Gasteiger partial charge >= 0.3 is 0 Å². The minimum atomic E-state index is 0.304. The van der Waals surface area contributed by atoms with Gasteiger partial charge < -0.3 is 10.5 Å². The minimum Gasteiger partial charge on any atom is -0.437 e. The molecule has 1 aromatic carbocycles. The molecule has 0 saturated carbocycles. The number of ether oxygens (including phenoxy) is 1. The molecule has 3 nitrogen and oxygen atoms in total. The van der Waals surface area contributed by atoms with Gasteiger partial charge in [-0.1, -0.05) is 29.3 Å². The molecule has 2 N–H and O–H groups in total. The van der Waals surface area contributed by atoms with Crippen LogP contribution >= 0.6 is 23.2 Å². The van der Waals surface area contributed by atoms with E-state index in [1.165, 1.54) is 6.20 Å². The summed E-state index contributed by atoms with van der Waals surface area (Å²) in [6.45, 7) is 0. The van der Waals surface area contributed by atoms with Crippen LogP contribution in [0.4, 0.5) is 5.69 Å². The number of benzene rings is 1. The first-order valence-corrected chi connectivity index (χ1v) is 5.25. The summed E-state index contributed by atoms with van der Waals surface area (Å²) in [6, 6.07) is 8.56. The van der Waals surface area contributed by atoms with E-state index in [9.17, 15) is 0 Å². The molecule has 0 spiro atoms. The van der Waals surface area contributed by atoms with Crippen molar-refractivity contribution in [3.63, 3.8) is 0 Å². The van der Waals surface area contributed by atoms with Crippen molar-refractivity contribution < 1.29 is 4.74 Å². The Bertz CT molecular complexity index is 517. The van der Waals surface area contributed by atoms with Crippen molar-refractivity contribution >= 4 is 28.9 Å². The van der Waals surface area contributed by atoms with E-state index in [2.05, 4.69) is 4.98 Å². The van der Waals surface area contributed by atoms with E-state index >= 15 is 0 Å². The zero-order valence-electron chi connectivity index (χ0n) is 8.15. The van der Waals surface area contributed by atoms with Gasteiger partial charge in [-0.05, 0) is 24.3 Å². The molecule has 0 fully saturated rings. The molecule has 16 heavy (non-hydrogen) atoms. The number of anilines is 1. The fourth-order valence-corrected chi connectivity index (χ4v) is 1.55. The number of halogens is 2. The lowest BCUT2D eigenvalue weighted by Crippen LogP contribution is -1.91.